The Morgan fingerprint density at radius 2 is 1.67 bits per heavy atom. The first-order valence-electron chi connectivity index (χ1n) is 15.6. The molecule has 1 heterocycles. The van der Waals surface area contributed by atoms with Gasteiger partial charge in [-0.25, -0.2) is 0 Å². The summed E-state index contributed by atoms with van der Waals surface area (Å²) in [5.41, 5.74) is 5.87. The number of aryl methyl sites for hydroxylation is 1. The van der Waals surface area contributed by atoms with E-state index in [0.29, 0.717) is 17.5 Å². The van der Waals surface area contributed by atoms with E-state index >= 15 is 0 Å². The summed E-state index contributed by atoms with van der Waals surface area (Å²) in [4.78, 5) is 30.7. The second-order valence-corrected chi connectivity index (χ2v) is 13.1. The molecule has 5 nitrogen and oxygen atoms in total. The summed E-state index contributed by atoms with van der Waals surface area (Å²) in [5.74, 6) is 0.676. The van der Waals surface area contributed by atoms with Crippen LogP contribution in [-0.4, -0.2) is 53.8 Å². The zero-order chi connectivity index (χ0) is 30.3. The molecule has 1 aliphatic rings. The van der Waals surface area contributed by atoms with Crippen molar-refractivity contribution >= 4 is 17.5 Å². The summed E-state index contributed by atoms with van der Waals surface area (Å²) < 4.78 is 0. The lowest BCUT2D eigenvalue weighted by Gasteiger charge is -2.37. The Morgan fingerprint density at radius 1 is 0.976 bits per heavy atom. The van der Waals surface area contributed by atoms with E-state index in [1.807, 2.05) is 72.5 Å². The number of nitrogens with one attached hydrogen (secondary N) is 1. The van der Waals surface area contributed by atoms with Crippen molar-refractivity contribution in [3.05, 3.63) is 101 Å². The summed E-state index contributed by atoms with van der Waals surface area (Å²) in [5, 5.41) is 3.09. The van der Waals surface area contributed by atoms with Crippen LogP contribution in [0.4, 0.5) is 5.69 Å². The minimum absolute atomic E-state index is 0.0592. The summed E-state index contributed by atoms with van der Waals surface area (Å²) in [6.45, 7) is 16.9. The molecule has 1 N–H and O–H groups in total. The van der Waals surface area contributed by atoms with Gasteiger partial charge in [0.25, 0.3) is 11.8 Å². The molecule has 1 saturated heterocycles. The van der Waals surface area contributed by atoms with Crippen LogP contribution in [0.3, 0.4) is 0 Å². The lowest BCUT2D eigenvalue weighted by molar-refractivity contribution is 0.0651. The van der Waals surface area contributed by atoms with E-state index in [0.717, 1.165) is 68.7 Å². The molecule has 224 valence electrons. The topological polar surface area (TPSA) is 52.6 Å². The third-order valence-corrected chi connectivity index (χ3v) is 8.63. The molecule has 1 fully saturated rings. The quantitative estimate of drug-likeness (QED) is 0.273. The van der Waals surface area contributed by atoms with Crippen molar-refractivity contribution in [2.45, 2.75) is 78.7 Å². The first kappa shape index (κ1) is 31.5. The minimum Gasteiger partial charge on any atom is -0.339 e. The number of carbonyl (C=O) groups is 2. The second kappa shape index (κ2) is 14.2. The van der Waals surface area contributed by atoms with Crippen molar-refractivity contribution < 1.29 is 9.59 Å². The molecular formula is C37H49N3O2. The Balaban J connectivity index is 1.32. The van der Waals surface area contributed by atoms with Gasteiger partial charge in [-0.1, -0.05) is 70.2 Å². The van der Waals surface area contributed by atoms with Crippen LogP contribution in [0.15, 0.2) is 72.8 Å². The van der Waals surface area contributed by atoms with Crippen LogP contribution in [-0.2, 0) is 11.8 Å². The van der Waals surface area contributed by atoms with Crippen LogP contribution >= 0.6 is 0 Å². The number of hydrogen-bond donors (Lipinski definition) is 1. The highest BCUT2D eigenvalue weighted by atomic mass is 16.2. The van der Waals surface area contributed by atoms with Gasteiger partial charge in [0.1, 0.15) is 0 Å². The number of rotatable bonds is 10. The molecule has 1 atom stereocenters. The summed E-state index contributed by atoms with van der Waals surface area (Å²) in [6, 6.07) is 24.4. The SMILES string of the molecule is CCCN(CC1CCN(C(=O)c2ccccc2C)CC1)C(C)Cc1cccc(NC(=O)c2ccc(C(C)(C)C)cc2)c1. The molecule has 4 rings (SSSR count). The first-order chi connectivity index (χ1) is 20.0. The smallest absolute Gasteiger partial charge is 0.255 e. The van der Waals surface area contributed by atoms with Crippen molar-refractivity contribution in [1.82, 2.24) is 9.80 Å². The molecule has 1 unspecified atom stereocenters. The van der Waals surface area contributed by atoms with E-state index in [1.165, 1.54) is 11.1 Å². The van der Waals surface area contributed by atoms with Gasteiger partial charge in [-0.05, 0) is 104 Å². The predicted molar refractivity (Wildman–Crippen MR) is 174 cm³/mol. The predicted octanol–water partition coefficient (Wildman–Crippen LogP) is 7.74. The number of nitrogens with zero attached hydrogens (tertiary/aromatic N) is 2. The monoisotopic (exact) mass is 567 g/mol. The summed E-state index contributed by atoms with van der Waals surface area (Å²) in [6.07, 6.45) is 4.12. The number of piperidine rings is 1. The third kappa shape index (κ3) is 8.32. The Kier molecular flexibility index (Phi) is 10.6. The number of carbonyl (C=O) groups excluding carboxylic acids is 2. The van der Waals surface area contributed by atoms with E-state index in [2.05, 4.69) is 57.0 Å². The number of benzene rings is 3. The molecule has 0 bridgehead atoms. The van der Waals surface area contributed by atoms with Crippen molar-refractivity contribution in [3.8, 4) is 0 Å². The zero-order valence-corrected chi connectivity index (χ0v) is 26.5. The van der Waals surface area contributed by atoms with Crippen molar-refractivity contribution in [3.63, 3.8) is 0 Å². The summed E-state index contributed by atoms with van der Waals surface area (Å²) >= 11 is 0. The van der Waals surface area contributed by atoms with Gasteiger partial charge in [-0.3, -0.25) is 9.59 Å². The molecule has 0 aromatic heterocycles. The Bertz CT molecular complexity index is 1330. The highest BCUT2D eigenvalue weighted by Gasteiger charge is 2.27. The Morgan fingerprint density at radius 3 is 2.31 bits per heavy atom. The van der Waals surface area contributed by atoms with Crippen LogP contribution in [0, 0.1) is 12.8 Å². The summed E-state index contributed by atoms with van der Waals surface area (Å²) in [7, 11) is 0. The maximum absolute atomic E-state index is 13.1. The molecule has 3 aromatic carbocycles. The van der Waals surface area contributed by atoms with Crippen LogP contribution in [0.2, 0.25) is 0 Å². The molecule has 0 saturated carbocycles. The van der Waals surface area contributed by atoms with Gasteiger partial charge in [0.15, 0.2) is 0 Å². The molecular weight excluding hydrogens is 518 g/mol. The average Bonchev–Trinajstić information content (AvgIpc) is 2.97. The zero-order valence-electron chi connectivity index (χ0n) is 26.5. The maximum atomic E-state index is 13.1. The van der Waals surface area contributed by atoms with Crippen LogP contribution in [0.5, 0.6) is 0 Å². The van der Waals surface area contributed by atoms with Crippen molar-refractivity contribution in [1.29, 1.82) is 0 Å². The first-order valence-corrected chi connectivity index (χ1v) is 15.6. The van der Waals surface area contributed by atoms with Gasteiger partial charge in [-0.2, -0.15) is 0 Å². The normalized spacial score (nSPS) is 15.1. The molecule has 42 heavy (non-hydrogen) atoms. The Hall–Kier alpha value is -3.44. The third-order valence-electron chi connectivity index (χ3n) is 8.63. The fraction of sp³-hybridized carbons (Fsp3) is 0.459. The van der Waals surface area contributed by atoms with Crippen molar-refractivity contribution in [2.75, 3.05) is 31.5 Å². The van der Waals surface area contributed by atoms with Gasteiger partial charge in [0.05, 0.1) is 0 Å². The molecule has 3 aromatic rings. The largest absolute Gasteiger partial charge is 0.339 e. The van der Waals surface area contributed by atoms with Crippen LogP contribution in [0.1, 0.15) is 91.3 Å². The van der Waals surface area contributed by atoms with Crippen molar-refractivity contribution in [2.24, 2.45) is 5.92 Å². The number of likely N-dealkylation sites (tertiary alicyclic amines) is 1. The number of amides is 2. The van der Waals surface area contributed by atoms with E-state index < -0.39 is 0 Å². The lowest BCUT2D eigenvalue weighted by Crippen LogP contribution is -2.44. The van der Waals surface area contributed by atoms with Gasteiger partial charge in [0.2, 0.25) is 0 Å². The van der Waals surface area contributed by atoms with Crippen LogP contribution in [0.25, 0.3) is 0 Å². The van der Waals surface area contributed by atoms with Gasteiger partial charge >= 0.3 is 0 Å². The molecule has 0 radical (unpaired) electrons. The molecule has 1 aliphatic heterocycles. The lowest BCUT2D eigenvalue weighted by atomic mass is 9.87. The van der Waals surface area contributed by atoms with Gasteiger partial charge in [0, 0.05) is 42.5 Å². The second-order valence-electron chi connectivity index (χ2n) is 13.1. The molecule has 2 amide bonds. The van der Waals surface area contributed by atoms with E-state index in [1.54, 1.807) is 0 Å². The molecule has 0 spiro atoms. The van der Waals surface area contributed by atoms with Gasteiger partial charge in [-0.15, -0.1) is 0 Å². The highest BCUT2D eigenvalue weighted by molar-refractivity contribution is 6.04. The minimum atomic E-state index is -0.0829. The van der Waals surface area contributed by atoms with Gasteiger partial charge < -0.3 is 15.1 Å². The van der Waals surface area contributed by atoms with E-state index in [4.69, 9.17) is 0 Å². The number of anilines is 1. The highest BCUT2D eigenvalue weighted by Crippen LogP contribution is 2.25. The maximum Gasteiger partial charge on any atom is 0.255 e. The van der Waals surface area contributed by atoms with E-state index in [9.17, 15) is 9.59 Å². The fourth-order valence-electron chi connectivity index (χ4n) is 5.98. The number of hydrogen-bond acceptors (Lipinski definition) is 3. The van der Waals surface area contributed by atoms with E-state index in [-0.39, 0.29) is 17.2 Å². The molecule has 0 aliphatic carbocycles. The average molecular weight is 568 g/mol. The molecule has 5 heteroatoms. The fourth-order valence-corrected chi connectivity index (χ4v) is 5.98. The Labute approximate surface area is 253 Å². The van der Waals surface area contributed by atoms with Crippen LogP contribution < -0.4 is 5.32 Å². The standard InChI is InChI=1S/C37H49N3O2/c1-7-21-40(26-29-19-22-39(23-20-29)36(42)34-14-9-8-11-27(34)2)28(3)24-30-12-10-13-33(25-30)38-35(41)31-15-17-32(18-16-31)37(4,5)6/h8-18,25,28-29H,7,19-24,26H2,1-6H3,(H,38,41).